The summed E-state index contributed by atoms with van der Waals surface area (Å²) in [6.45, 7) is 7.57. The van der Waals surface area contributed by atoms with Crippen LogP contribution in [-0.2, 0) is 14.3 Å². The van der Waals surface area contributed by atoms with Gasteiger partial charge in [0.15, 0.2) is 5.17 Å². The van der Waals surface area contributed by atoms with Crippen LogP contribution in [0.3, 0.4) is 0 Å². The van der Waals surface area contributed by atoms with Crippen LogP contribution in [-0.4, -0.2) is 34.3 Å². The van der Waals surface area contributed by atoms with Crippen LogP contribution in [0.4, 0.5) is 11.4 Å². The fourth-order valence-corrected chi connectivity index (χ4v) is 3.85. The van der Waals surface area contributed by atoms with Crippen LogP contribution < -0.4 is 10.6 Å². The lowest BCUT2D eigenvalue weighted by Crippen LogP contribution is -2.41. The molecule has 31 heavy (non-hydrogen) atoms. The number of thioether (sulfide) groups is 1. The van der Waals surface area contributed by atoms with Crippen LogP contribution in [0.15, 0.2) is 47.5 Å². The SMILES string of the molecule is Cc1ccc(N=C2NC(=O)CC(C(=O)Nc3ccc(C(=O)OC(C)C)cc3)S2)cc1C. The minimum absolute atomic E-state index is 0.0568. The van der Waals surface area contributed by atoms with Crippen molar-refractivity contribution in [3.63, 3.8) is 0 Å². The molecule has 2 amide bonds. The first-order valence-corrected chi connectivity index (χ1v) is 10.8. The van der Waals surface area contributed by atoms with E-state index in [2.05, 4.69) is 15.6 Å². The Labute approximate surface area is 185 Å². The number of esters is 1. The molecule has 1 heterocycles. The zero-order chi connectivity index (χ0) is 22.5. The van der Waals surface area contributed by atoms with Crippen molar-refractivity contribution in [2.45, 2.75) is 45.5 Å². The molecule has 3 rings (SSSR count). The number of hydrogen-bond donors (Lipinski definition) is 2. The van der Waals surface area contributed by atoms with Crippen LogP contribution in [0.5, 0.6) is 0 Å². The molecule has 1 aliphatic rings. The lowest BCUT2D eigenvalue weighted by Gasteiger charge is -2.22. The highest BCUT2D eigenvalue weighted by atomic mass is 32.2. The zero-order valence-corrected chi connectivity index (χ0v) is 18.7. The van der Waals surface area contributed by atoms with Crippen molar-refractivity contribution in [3.05, 3.63) is 59.2 Å². The van der Waals surface area contributed by atoms with Gasteiger partial charge in [-0.1, -0.05) is 17.8 Å². The summed E-state index contributed by atoms with van der Waals surface area (Å²) >= 11 is 1.21. The van der Waals surface area contributed by atoms with Gasteiger partial charge in [-0.2, -0.15) is 0 Å². The quantitative estimate of drug-likeness (QED) is 0.683. The second-order valence-corrected chi connectivity index (χ2v) is 8.76. The summed E-state index contributed by atoms with van der Waals surface area (Å²) in [5, 5.41) is 5.31. The molecule has 2 aromatic carbocycles. The van der Waals surface area contributed by atoms with E-state index in [1.54, 1.807) is 38.1 Å². The molecule has 7 nitrogen and oxygen atoms in total. The van der Waals surface area contributed by atoms with E-state index in [1.807, 2.05) is 32.0 Å². The first kappa shape index (κ1) is 22.6. The highest BCUT2D eigenvalue weighted by Crippen LogP contribution is 2.26. The normalized spacial score (nSPS) is 17.4. The van der Waals surface area contributed by atoms with Crippen molar-refractivity contribution >= 4 is 46.1 Å². The summed E-state index contributed by atoms with van der Waals surface area (Å²) in [7, 11) is 0. The Kier molecular flexibility index (Phi) is 7.12. The topological polar surface area (TPSA) is 96.9 Å². The summed E-state index contributed by atoms with van der Waals surface area (Å²) < 4.78 is 5.15. The minimum atomic E-state index is -0.607. The number of nitrogens with one attached hydrogen (secondary N) is 2. The number of ether oxygens (including phenoxy) is 1. The molecule has 1 saturated heterocycles. The third kappa shape index (κ3) is 6.18. The van der Waals surface area contributed by atoms with Gasteiger partial charge >= 0.3 is 5.97 Å². The lowest BCUT2D eigenvalue weighted by atomic mass is 10.1. The number of hydrogen-bond acceptors (Lipinski definition) is 6. The van der Waals surface area contributed by atoms with Crippen molar-refractivity contribution in [3.8, 4) is 0 Å². The molecule has 162 valence electrons. The molecule has 0 aliphatic carbocycles. The summed E-state index contributed by atoms with van der Waals surface area (Å²) in [6.07, 6.45) is -0.151. The van der Waals surface area contributed by atoms with E-state index in [1.165, 1.54) is 11.8 Å². The molecule has 2 aromatic rings. The fraction of sp³-hybridized carbons (Fsp3) is 0.304. The predicted molar refractivity (Wildman–Crippen MR) is 123 cm³/mol. The molecule has 1 unspecified atom stereocenters. The van der Waals surface area contributed by atoms with E-state index in [9.17, 15) is 14.4 Å². The van der Waals surface area contributed by atoms with Gasteiger partial charge in [0, 0.05) is 12.1 Å². The Morgan fingerprint density at radius 1 is 1.13 bits per heavy atom. The summed E-state index contributed by atoms with van der Waals surface area (Å²) in [6, 6.07) is 12.2. The van der Waals surface area contributed by atoms with Crippen LogP contribution in [0.2, 0.25) is 0 Å². The van der Waals surface area contributed by atoms with Gasteiger partial charge in [0.25, 0.3) is 0 Å². The highest BCUT2D eigenvalue weighted by Gasteiger charge is 2.30. The average molecular weight is 440 g/mol. The van der Waals surface area contributed by atoms with Gasteiger partial charge in [0.1, 0.15) is 5.25 Å². The Morgan fingerprint density at radius 3 is 2.48 bits per heavy atom. The minimum Gasteiger partial charge on any atom is -0.459 e. The van der Waals surface area contributed by atoms with E-state index < -0.39 is 11.2 Å². The number of anilines is 1. The molecule has 0 radical (unpaired) electrons. The van der Waals surface area contributed by atoms with Gasteiger partial charge < -0.3 is 15.4 Å². The van der Waals surface area contributed by atoms with E-state index in [0.29, 0.717) is 16.4 Å². The van der Waals surface area contributed by atoms with Crippen molar-refractivity contribution in [2.24, 2.45) is 4.99 Å². The number of aliphatic imine (C=N–C) groups is 1. The maximum Gasteiger partial charge on any atom is 0.338 e. The van der Waals surface area contributed by atoms with Crippen LogP contribution in [0, 0.1) is 13.8 Å². The van der Waals surface area contributed by atoms with Gasteiger partial charge in [0.2, 0.25) is 11.8 Å². The predicted octanol–water partition coefficient (Wildman–Crippen LogP) is 4.12. The first-order chi connectivity index (χ1) is 14.7. The number of benzene rings is 2. The smallest absolute Gasteiger partial charge is 0.338 e. The maximum atomic E-state index is 12.7. The number of carbonyl (C=O) groups is 3. The van der Waals surface area contributed by atoms with Gasteiger partial charge in [-0.15, -0.1) is 0 Å². The highest BCUT2D eigenvalue weighted by molar-refractivity contribution is 8.15. The Morgan fingerprint density at radius 2 is 1.84 bits per heavy atom. The average Bonchev–Trinajstić information content (AvgIpc) is 2.70. The van der Waals surface area contributed by atoms with Gasteiger partial charge in [-0.25, -0.2) is 9.79 Å². The Bertz CT molecular complexity index is 1030. The molecule has 0 spiro atoms. The number of nitrogens with zero attached hydrogens (tertiary/aromatic N) is 1. The van der Waals surface area contributed by atoms with Gasteiger partial charge in [0.05, 0.1) is 17.4 Å². The third-order valence-electron chi connectivity index (χ3n) is 4.62. The fourth-order valence-electron chi connectivity index (χ4n) is 2.85. The molecule has 2 N–H and O–H groups in total. The number of amides is 2. The van der Waals surface area contributed by atoms with Crippen molar-refractivity contribution in [1.29, 1.82) is 0 Å². The second-order valence-electron chi connectivity index (χ2n) is 7.56. The van der Waals surface area contributed by atoms with Crippen LogP contribution in [0.25, 0.3) is 0 Å². The maximum absolute atomic E-state index is 12.7. The molecular weight excluding hydrogens is 414 g/mol. The largest absolute Gasteiger partial charge is 0.459 e. The summed E-state index contributed by atoms with van der Waals surface area (Å²) in [5.74, 6) is -0.974. The molecule has 0 saturated carbocycles. The second kappa shape index (κ2) is 9.78. The number of amidine groups is 1. The molecule has 8 heteroatoms. The molecule has 0 bridgehead atoms. The monoisotopic (exact) mass is 439 g/mol. The standard InChI is InChI=1S/C23H25N3O4S/c1-13(2)30-22(29)16-6-9-17(10-7-16)24-21(28)19-12-20(27)26-23(31-19)25-18-8-5-14(3)15(4)11-18/h5-11,13,19H,12H2,1-4H3,(H,24,28)(H,25,26,27). The number of aryl methyl sites for hydroxylation is 2. The Balaban J connectivity index is 1.67. The summed E-state index contributed by atoms with van der Waals surface area (Å²) in [5.41, 5.74) is 3.91. The number of rotatable bonds is 5. The molecule has 0 aromatic heterocycles. The van der Waals surface area contributed by atoms with Crippen molar-refractivity contribution in [2.75, 3.05) is 5.32 Å². The van der Waals surface area contributed by atoms with E-state index in [0.717, 1.165) is 16.8 Å². The van der Waals surface area contributed by atoms with E-state index >= 15 is 0 Å². The molecule has 1 aliphatic heterocycles. The molecular formula is C23H25N3O4S. The third-order valence-corrected chi connectivity index (χ3v) is 5.70. The van der Waals surface area contributed by atoms with Crippen molar-refractivity contribution < 1.29 is 19.1 Å². The number of carbonyl (C=O) groups excluding carboxylic acids is 3. The first-order valence-electron chi connectivity index (χ1n) is 9.95. The van der Waals surface area contributed by atoms with E-state index in [-0.39, 0.29) is 24.3 Å². The van der Waals surface area contributed by atoms with Gasteiger partial charge in [-0.05, 0) is 75.2 Å². The van der Waals surface area contributed by atoms with Crippen LogP contribution in [0.1, 0.15) is 41.8 Å². The van der Waals surface area contributed by atoms with Gasteiger partial charge in [-0.3, -0.25) is 9.59 Å². The molecule has 1 fully saturated rings. The van der Waals surface area contributed by atoms with E-state index in [4.69, 9.17) is 4.74 Å². The van der Waals surface area contributed by atoms with Crippen molar-refractivity contribution in [1.82, 2.24) is 5.32 Å². The Hall–Kier alpha value is -3.13. The lowest BCUT2D eigenvalue weighted by molar-refractivity contribution is -0.123. The molecule has 1 atom stereocenters. The zero-order valence-electron chi connectivity index (χ0n) is 17.9. The van der Waals surface area contributed by atoms with Crippen LogP contribution >= 0.6 is 11.8 Å². The summed E-state index contributed by atoms with van der Waals surface area (Å²) in [4.78, 5) is 41.2.